The molecule has 0 amide bonds. The van der Waals surface area contributed by atoms with E-state index < -0.39 is 0 Å². The van der Waals surface area contributed by atoms with Crippen molar-refractivity contribution in [1.82, 2.24) is 0 Å². The Bertz CT molecular complexity index is 640. The predicted octanol–water partition coefficient (Wildman–Crippen LogP) is 3.92. The Morgan fingerprint density at radius 1 is 0.917 bits per heavy atom. The highest BCUT2D eigenvalue weighted by Gasteiger charge is 2.09. The highest BCUT2D eigenvalue weighted by Crippen LogP contribution is 2.25. The summed E-state index contributed by atoms with van der Waals surface area (Å²) >= 11 is 0. The molecule has 3 nitrogen and oxygen atoms in total. The summed E-state index contributed by atoms with van der Waals surface area (Å²) in [6, 6.07) is 14.5. The van der Waals surface area contributed by atoms with Crippen LogP contribution in [-0.2, 0) is 11.2 Å². The van der Waals surface area contributed by atoms with Crippen molar-refractivity contribution in [3.05, 3.63) is 53.6 Å². The number of hydrogen-bond acceptors (Lipinski definition) is 3. The lowest BCUT2D eigenvalue weighted by Crippen LogP contribution is -2.18. The third-order valence-corrected chi connectivity index (χ3v) is 3.99. The van der Waals surface area contributed by atoms with Gasteiger partial charge in [0.25, 0.3) is 0 Å². The SMILES string of the molecule is COCC(C)Oc1cc(C)cc(OC(C)Cc2ccc(P)cc2)c1. The van der Waals surface area contributed by atoms with Crippen molar-refractivity contribution in [2.75, 3.05) is 13.7 Å². The number of ether oxygens (including phenoxy) is 3. The minimum absolute atomic E-state index is 0.00695. The van der Waals surface area contributed by atoms with Gasteiger partial charge in [-0.3, -0.25) is 0 Å². The minimum Gasteiger partial charge on any atom is -0.490 e. The molecule has 24 heavy (non-hydrogen) atoms. The van der Waals surface area contributed by atoms with Gasteiger partial charge in [-0.25, -0.2) is 0 Å². The van der Waals surface area contributed by atoms with Crippen LogP contribution in [0.2, 0.25) is 0 Å². The molecule has 2 rings (SSSR count). The molecule has 0 aliphatic heterocycles. The molecule has 0 radical (unpaired) electrons. The van der Waals surface area contributed by atoms with Gasteiger partial charge in [0, 0.05) is 19.6 Å². The second-order valence-electron chi connectivity index (χ2n) is 6.24. The molecule has 0 heterocycles. The lowest BCUT2D eigenvalue weighted by atomic mass is 10.1. The van der Waals surface area contributed by atoms with Gasteiger partial charge < -0.3 is 14.2 Å². The Kier molecular flexibility index (Phi) is 7.08. The average Bonchev–Trinajstić information content (AvgIpc) is 2.49. The summed E-state index contributed by atoms with van der Waals surface area (Å²) in [7, 11) is 4.38. The molecule has 0 bridgehead atoms. The Hall–Kier alpha value is -1.57. The Labute approximate surface area is 147 Å². The minimum atomic E-state index is 0.00695. The molecule has 2 aromatic rings. The first-order chi connectivity index (χ1) is 11.5. The van der Waals surface area contributed by atoms with Crippen LogP contribution in [0.3, 0.4) is 0 Å². The Morgan fingerprint density at radius 3 is 2.08 bits per heavy atom. The van der Waals surface area contributed by atoms with Gasteiger partial charge in [0.15, 0.2) is 0 Å². The number of rotatable bonds is 8. The third kappa shape index (κ3) is 6.14. The van der Waals surface area contributed by atoms with Crippen molar-refractivity contribution in [1.29, 1.82) is 0 Å². The molecule has 0 saturated heterocycles. The molecular formula is C20H27O3P. The number of benzene rings is 2. The molecule has 2 aromatic carbocycles. The average molecular weight is 346 g/mol. The summed E-state index contributed by atoms with van der Waals surface area (Å²) in [6.07, 6.45) is 0.966. The zero-order chi connectivity index (χ0) is 17.5. The highest BCUT2D eigenvalue weighted by molar-refractivity contribution is 7.27. The quantitative estimate of drug-likeness (QED) is 0.678. The monoisotopic (exact) mass is 346 g/mol. The maximum absolute atomic E-state index is 6.10. The van der Waals surface area contributed by atoms with Gasteiger partial charge in [0.2, 0.25) is 0 Å². The van der Waals surface area contributed by atoms with E-state index in [2.05, 4.69) is 40.4 Å². The molecule has 3 unspecified atom stereocenters. The summed E-state index contributed by atoms with van der Waals surface area (Å²) < 4.78 is 17.1. The van der Waals surface area contributed by atoms with Crippen LogP contribution in [0.5, 0.6) is 11.5 Å². The first-order valence-electron chi connectivity index (χ1n) is 8.24. The maximum Gasteiger partial charge on any atom is 0.123 e. The molecule has 0 fully saturated rings. The van der Waals surface area contributed by atoms with Gasteiger partial charge in [-0.05, 0) is 49.3 Å². The molecule has 0 N–H and O–H groups in total. The number of hydrogen-bond donors (Lipinski definition) is 0. The van der Waals surface area contributed by atoms with Crippen LogP contribution in [0.15, 0.2) is 42.5 Å². The molecule has 0 aliphatic carbocycles. The molecule has 0 aromatic heterocycles. The zero-order valence-corrected chi connectivity index (χ0v) is 16.1. The van der Waals surface area contributed by atoms with Crippen LogP contribution in [0.25, 0.3) is 0 Å². The summed E-state index contributed by atoms with van der Waals surface area (Å²) in [5, 5.41) is 1.19. The van der Waals surface area contributed by atoms with E-state index in [1.165, 1.54) is 10.9 Å². The van der Waals surface area contributed by atoms with Gasteiger partial charge in [-0.15, -0.1) is 9.24 Å². The fraction of sp³-hybridized carbons (Fsp3) is 0.400. The fourth-order valence-corrected chi connectivity index (χ4v) is 2.80. The van der Waals surface area contributed by atoms with Crippen LogP contribution >= 0.6 is 9.24 Å². The van der Waals surface area contributed by atoms with Gasteiger partial charge >= 0.3 is 0 Å². The van der Waals surface area contributed by atoms with Gasteiger partial charge in [0.1, 0.15) is 17.6 Å². The van der Waals surface area contributed by atoms with Crippen LogP contribution in [0, 0.1) is 6.92 Å². The van der Waals surface area contributed by atoms with Crippen molar-refractivity contribution < 1.29 is 14.2 Å². The second kappa shape index (κ2) is 9.05. The van der Waals surface area contributed by atoms with Crippen LogP contribution in [0.1, 0.15) is 25.0 Å². The molecule has 0 aliphatic rings. The van der Waals surface area contributed by atoms with E-state index in [0.717, 1.165) is 23.5 Å². The smallest absolute Gasteiger partial charge is 0.123 e. The van der Waals surface area contributed by atoms with E-state index in [0.29, 0.717) is 6.61 Å². The largest absolute Gasteiger partial charge is 0.490 e. The van der Waals surface area contributed by atoms with E-state index in [9.17, 15) is 0 Å². The third-order valence-electron chi connectivity index (χ3n) is 3.60. The van der Waals surface area contributed by atoms with Crippen molar-refractivity contribution in [3.8, 4) is 11.5 Å². The van der Waals surface area contributed by atoms with Crippen molar-refractivity contribution in [2.45, 2.75) is 39.4 Å². The number of methoxy groups -OCH3 is 1. The maximum atomic E-state index is 6.10. The van der Waals surface area contributed by atoms with Gasteiger partial charge in [-0.1, -0.05) is 24.3 Å². The lowest BCUT2D eigenvalue weighted by molar-refractivity contribution is 0.0917. The van der Waals surface area contributed by atoms with Gasteiger partial charge in [-0.2, -0.15) is 0 Å². The lowest BCUT2D eigenvalue weighted by Gasteiger charge is -2.18. The summed E-state index contributed by atoms with van der Waals surface area (Å²) in [5.74, 6) is 1.65. The van der Waals surface area contributed by atoms with Crippen LogP contribution < -0.4 is 14.8 Å². The standard InChI is InChI=1S/C20H27O3P/c1-14-9-18(12-19(10-14)23-16(3)13-21-4)22-15(2)11-17-5-7-20(24)8-6-17/h5-10,12,15-16H,11,13,24H2,1-4H3. The van der Waals surface area contributed by atoms with E-state index in [-0.39, 0.29) is 12.2 Å². The molecule has 0 spiro atoms. The van der Waals surface area contributed by atoms with Crippen molar-refractivity contribution in [2.24, 2.45) is 0 Å². The van der Waals surface area contributed by atoms with E-state index >= 15 is 0 Å². The molecule has 130 valence electrons. The zero-order valence-electron chi connectivity index (χ0n) is 14.9. The fourth-order valence-electron chi connectivity index (χ4n) is 2.61. The number of aryl methyl sites for hydroxylation is 1. The summed E-state index contributed by atoms with van der Waals surface area (Å²) in [6.45, 7) is 6.69. The summed E-state index contributed by atoms with van der Waals surface area (Å²) in [4.78, 5) is 0. The normalized spacial score (nSPS) is 13.4. The highest BCUT2D eigenvalue weighted by atomic mass is 31.0. The van der Waals surface area contributed by atoms with Crippen molar-refractivity contribution in [3.63, 3.8) is 0 Å². The summed E-state index contributed by atoms with van der Waals surface area (Å²) in [5.41, 5.74) is 2.39. The van der Waals surface area contributed by atoms with Crippen molar-refractivity contribution >= 4 is 14.5 Å². The Morgan fingerprint density at radius 2 is 1.50 bits per heavy atom. The predicted molar refractivity (Wildman–Crippen MR) is 103 cm³/mol. The van der Waals surface area contributed by atoms with Gasteiger partial charge in [0.05, 0.1) is 12.7 Å². The molecule has 3 atom stereocenters. The second-order valence-corrected chi connectivity index (χ2v) is 6.91. The first-order valence-corrected chi connectivity index (χ1v) is 8.82. The van der Waals surface area contributed by atoms with E-state index in [1.54, 1.807) is 7.11 Å². The van der Waals surface area contributed by atoms with Crippen LogP contribution in [-0.4, -0.2) is 25.9 Å². The molecular weight excluding hydrogens is 319 g/mol. The molecule has 4 heteroatoms. The Balaban J connectivity index is 2.00. The van der Waals surface area contributed by atoms with E-state index in [1.807, 2.05) is 32.0 Å². The van der Waals surface area contributed by atoms with E-state index in [4.69, 9.17) is 14.2 Å². The topological polar surface area (TPSA) is 27.7 Å². The molecule has 0 saturated carbocycles. The first kappa shape index (κ1) is 18.8. The van der Waals surface area contributed by atoms with Crippen LogP contribution in [0.4, 0.5) is 0 Å².